The third kappa shape index (κ3) is 2.80. The number of carbonyl (C=O) groups excluding carboxylic acids is 1. The quantitative estimate of drug-likeness (QED) is 0.909. The standard InChI is InChI=1S/C15H19N5O/c1-2-12-5-3-4-6-14(12)20-11-13(17-18-20)15(21)19-9-7-16-8-10-19/h3-6,11,16H,2,7-10H2,1H3. The first-order chi connectivity index (χ1) is 10.3. The molecule has 1 amide bonds. The highest BCUT2D eigenvalue weighted by atomic mass is 16.2. The fourth-order valence-corrected chi connectivity index (χ4v) is 2.54. The number of nitrogens with zero attached hydrogens (tertiary/aromatic N) is 4. The molecular formula is C15H19N5O. The zero-order chi connectivity index (χ0) is 14.7. The Morgan fingerprint density at radius 1 is 1.29 bits per heavy atom. The molecule has 1 aliphatic heterocycles. The molecule has 21 heavy (non-hydrogen) atoms. The highest BCUT2D eigenvalue weighted by Crippen LogP contribution is 2.14. The van der Waals surface area contributed by atoms with Gasteiger partial charge in [0, 0.05) is 26.2 Å². The van der Waals surface area contributed by atoms with Gasteiger partial charge in [-0.05, 0) is 18.1 Å². The Morgan fingerprint density at radius 3 is 2.81 bits per heavy atom. The summed E-state index contributed by atoms with van der Waals surface area (Å²) in [6.45, 7) is 5.20. The number of piperazine rings is 1. The lowest BCUT2D eigenvalue weighted by Crippen LogP contribution is -2.46. The molecule has 1 fully saturated rings. The highest BCUT2D eigenvalue weighted by molar-refractivity contribution is 5.92. The molecule has 2 heterocycles. The monoisotopic (exact) mass is 285 g/mol. The maximum atomic E-state index is 12.4. The molecule has 0 radical (unpaired) electrons. The fourth-order valence-electron chi connectivity index (χ4n) is 2.54. The van der Waals surface area contributed by atoms with Crippen LogP contribution in [0, 0.1) is 0 Å². The van der Waals surface area contributed by atoms with Gasteiger partial charge in [-0.25, -0.2) is 4.68 Å². The summed E-state index contributed by atoms with van der Waals surface area (Å²) in [5, 5.41) is 11.4. The van der Waals surface area contributed by atoms with E-state index < -0.39 is 0 Å². The zero-order valence-corrected chi connectivity index (χ0v) is 12.1. The molecule has 1 N–H and O–H groups in total. The molecule has 110 valence electrons. The highest BCUT2D eigenvalue weighted by Gasteiger charge is 2.21. The SMILES string of the molecule is CCc1ccccc1-n1cc(C(=O)N2CCNCC2)nn1. The molecule has 6 nitrogen and oxygen atoms in total. The molecule has 1 aliphatic rings. The van der Waals surface area contributed by atoms with Crippen molar-refractivity contribution in [2.75, 3.05) is 26.2 Å². The van der Waals surface area contributed by atoms with Crippen molar-refractivity contribution < 1.29 is 4.79 Å². The van der Waals surface area contributed by atoms with E-state index in [2.05, 4.69) is 28.6 Å². The van der Waals surface area contributed by atoms with Gasteiger partial charge in [-0.2, -0.15) is 0 Å². The lowest BCUT2D eigenvalue weighted by Gasteiger charge is -2.26. The van der Waals surface area contributed by atoms with Gasteiger partial charge < -0.3 is 10.2 Å². The predicted molar refractivity (Wildman–Crippen MR) is 79.5 cm³/mol. The molecule has 6 heteroatoms. The summed E-state index contributed by atoms with van der Waals surface area (Å²) >= 11 is 0. The van der Waals surface area contributed by atoms with E-state index in [4.69, 9.17) is 0 Å². The van der Waals surface area contributed by atoms with Crippen LogP contribution in [-0.4, -0.2) is 52.0 Å². The molecule has 0 bridgehead atoms. The Kier molecular flexibility index (Phi) is 3.96. The summed E-state index contributed by atoms with van der Waals surface area (Å²) in [7, 11) is 0. The Morgan fingerprint density at radius 2 is 2.05 bits per heavy atom. The number of carbonyl (C=O) groups is 1. The summed E-state index contributed by atoms with van der Waals surface area (Å²) < 4.78 is 1.69. The number of aromatic nitrogens is 3. The van der Waals surface area contributed by atoms with Crippen LogP contribution in [0.15, 0.2) is 30.5 Å². The van der Waals surface area contributed by atoms with Crippen LogP contribution >= 0.6 is 0 Å². The van der Waals surface area contributed by atoms with E-state index in [9.17, 15) is 4.79 Å². The minimum Gasteiger partial charge on any atom is -0.335 e. The second kappa shape index (κ2) is 6.05. The number of benzene rings is 1. The normalized spacial score (nSPS) is 15.2. The van der Waals surface area contributed by atoms with Crippen LogP contribution in [-0.2, 0) is 6.42 Å². The number of amides is 1. The topological polar surface area (TPSA) is 63.1 Å². The van der Waals surface area contributed by atoms with Gasteiger partial charge in [0.25, 0.3) is 5.91 Å². The van der Waals surface area contributed by atoms with Gasteiger partial charge in [0.1, 0.15) is 0 Å². The van der Waals surface area contributed by atoms with Crippen LogP contribution in [0.5, 0.6) is 0 Å². The van der Waals surface area contributed by atoms with E-state index in [1.807, 2.05) is 23.1 Å². The van der Waals surface area contributed by atoms with Gasteiger partial charge in [0.15, 0.2) is 5.69 Å². The third-order valence-corrected chi connectivity index (χ3v) is 3.74. The smallest absolute Gasteiger partial charge is 0.276 e. The van der Waals surface area contributed by atoms with E-state index in [1.165, 1.54) is 5.56 Å². The molecule has 1 aromatic heterocycles. The summed E-state index contributed by atoms with van der Waals surface area (Å²) in [5.74, 6) is -0.0447. The first-order valence-corrected chi connectivity index (χ1v) is 7.30. The molecule has 1 saturated heterocycles. The van der Waals surface area contributed by atoms with Crippen molar-refractivity contribution in [2.45, 2.75) is 13.3 Å². The number of rotatable bonds is 3. The maximum absolute atomic E-state index is 12.4. The largest absolute Gasteiger partial charge is 0.335 e. The summed E-state index contributed by atoms with van der Waals surface area (Å²) in [5.41, 5.74) is 2.57. The lowest BCUT2D eigenvalue weighted by molar-refractivity contribution is 0.0730. The first kappa shape index (κ1) is 13.8. The molecule has 0 atom stereocenters. The molecule has 0 spiro atoms. The molecule has 0 saturated carbocycles. The molecule has 2 aromatic rings. The van der Waals surface area contributed by atoms with Crippen molar-refractivity contribution in [1.29, 1.82) is 0 Å². The molecule has 0 unspecified atom stereocenters. The fraction of sp³-hybridized carbons (Fsp3) is 0.400. The van der Waals surface area contributed by atoms with E-state index in [1.54, 1.807) is 10.9 Å². The van der Waals surface area contributed by atoms with Crippen molar-refractivity contribution in [3.63, 3.8) is 0 Å². The van der Waals surface area contributed by atoms with Crippen molar-refractivity contribution in [3.8, 4) is 5.69 Å². The predicted octanol–water partition coefficient (Wildman–Crippen LogP) is 0.875. The van der Waals surface area contributed by atoms with Gasteiger partial charge >= 0.3 is 0 Å². The minimum absolute atomic E-state index is 0.0447. The van der Waals surface area contributed by atoms with E-state index in [0.717, 1.165) is 38.3 Å². The Balaban J connectivity index is 1.84. The second-order valence-electron chi connectivity index (χ2n) is 5.07. The van der Waals surface area contributed by atoms with Crippen molar-refractivity contribution >= 4 is 5.91 Å². The molecule has 0 aliphatic carbocycles. The summed E-state index contributed by atoms with van der Waals surface area (Å²) in [6.07, 6.45) is 2.63. The third-order valence-electron chi connectivity index (χ3n) is 3.74. The first-order valence-electron chi connectivity index (χ1n) is 7.30. The average molecular weight is 285 g/mol. The average Bonchev–Trinajstić information content (AvgIpc) is 3.04. The van der Waals surface area contributed by atoms with Gasteiger partial charge in [0.2, 0.25) is 0 Å². The van der Waals surface area contributed by atoms with Crippen LogP contribution < -0.4 is 5.32 Å². The summed E-state index contributed by atoms with van der Waals surface area (Å²) in [6, 6.07) is 8.03. The summed E-state index contributed by atoms with van der Waals surface area (Å²) in [4.78, 5) is 14.2. The van der Waals surface area contributed by atoms with Crippen molar-refractivity contribution in [1.82, 2.24) is 25.2 Å². The number of nitrogens with one attached hydrogen (secondary N) is 1. The van der Waals surface area contributed by atoms with Crippen LogP contribution in [0.2, 0.25) is 0 Å². The van der Waals surface area contributed by atoms with Crippen molar-refractivity contribution in [2.24, 2.45) is 0 Å². The van der Waals surface area contributed by atoms with Crippen molar-refractivity contribution in [3.05, 3.63) is 41.7 Å². The number of hydrogen-bond acceptors (Lipinski definition) is 4. The molecular weight excluding hydrogens is 266 g/mol. The lowest BCUT2D eigenvalue weighted by atomic mass is 10.1. The Labute approximate surface area is 123 Å². The molecule has 3 rings (SSSR count). The van der Waals surface area contributed by atoms with E-state index >= 15 is 0 Å². The number of para-hydroxylation sites is 1. The van der Waals surface area contributed by atoms with Gasteiger partial charge in [-0.15, -0.1) is 5.10 Å². The number of aryl methyl sites for hydroxylation is 1. The Hall–Kier alpha value is -2.21. The minimum atomic E-state index is -0.0447. The van der Waals surface area contributed by atoms with Gasteiger partial charge in [0.05, 0.1) is 11.9 Å². The van der Waals surface area contributed by atoms with Crippen LogP contribution in [0.25, 0.3) is 5.69 Å². The van der Waals surface area contributed by atoms with Gasteiger partial charge in [-0.1, -0.05) is 30.3 Å². The van der Waals surface area contributed by atoms with Gasteiger partial charge in [-0.3, -0.25) is 4.79 Å². The van der Waals surface area contributed by atoms with E-state index in [0.29, 0.717) is 5.69 Å². The van der Waals surface area contributed by atoms with Crippen LogP contribution in [0.3, 0.4) is 0 Å². The van der Waals surface area contributed by atoms with Crippen LogP contribution in [0.4, 0.5) is 0 Å². The van der Waals surface area contributed by atoms with E-state index in [-0.39, 0.29) is 5.91 Å². The maximum Gasteiger partial charge on any atom is 0.276 e. The number of hydrogen-bond donors (Lipinski definition) is 1. The second-order valence-corrected chi connectivity index (χ2v) is 5.07. The zero-order valence-electron chi connectivity index (χ0n) is 12.1. The van der Waals surface area contributed by atoms with Crippen LogP contribution in [0.1, 0.15) is 23.0 Å². The molecule has 1 aromatic carbocycles. The Bertz CT molecular complexity index is 630.